The van der Waals surface area contributed by atoms with Crippen LogP contribution in [0.25, 0.3) is 5.57 Å². The van der Waals surface area contributed by atoms with Crippen molar-refractivity contribution in [3.63, 3.8) is 0 Å². The predicted octanol–water partition coefficient (Wildman–Crippen LogP) is -2.07. The Morgan fingerprint density at radius 2 is 2.18 bits per heavy atom. The van der Waals surface area contributed by atoms with E-state index in [1.165, 1.54) is 6.20 Å². The zero-order chi connectivity index (χ0) is 16.0. The van der Waals surface area contributed by atoms with E-state index in [4.69, 9.17) is 4.55 Å². The molecule has 2 heterocycles. The second-order valence-corrected chi connectivity index (χ2v) is 8.43. The predicted molar refractivity (Wildman–Crippen MR) is 76.2 cm³/mol. The zero-order valence-corrected chi connectivity index (χ0v) is 14.5. The van der Waals surface area contributed by atoms with Crippen molar-refractivity contribution in [2.45, 2.75) is 6.42 Å². The number of aromatic nitrogens is 2. The first kappa shape index (κ1) is 17.2. The van der Waals surface area contributed by atoms with Crippen molar-refractivity contribution in [1.29, 1.82) is 0 Å². The third kappa shape index (κ3) is 5.89. The monoisotopic (exact) mass is 439 g/mol. The van der Waals surface area contributed by atoms with Crippen LogP contribution in [0.1, 0.15) is 12.1 Å². The van der Waals surface area contributed by atoms with Gasteiger partial charge in [-0.1, -0.05) is 0 Å². The van der Waals surface area contributed by atoms with Gasteiger partial charge in [-0.15, -0.1) is 0 Å². The number of hydrogen-bond acceptors (Lipinski definition) is 4. The fraction of sp³-hybridized carbons (Fsp3) is 0.308. The molecule has 9 heteroatoms. The van der Waals surface area contributed by atoms with Gasteiger partial charge >= 0.3 is 139 Å². The van der Waals surface area contributed by atoms with Gasteiger partial charge in [0.2, 0.25) is 0 Å². The second-order valence-electron chi connectivity index (χ2n) is 4.47. The Morgan fingerprint density at radius 3 is 2.86 bits per heavy atom. The molecule has 0 aliphatic carbocycles. The Labute approximate surface area is 138 Å². The van der Waals surface area contributed by atoms with Crippen molar-refractivity contribution in [2.24, 2.45) is 0 Å². The van der Waals surface area contributed by atoms with Gasteiger partial charge in [-0.25, -0.2) is 0 Å². The summed E-state index contributed by atoms with van der Waals surface area (Å²) in [7, 11) is -3.92. The Hall–Kier alpha value is -1.20. The SMILES string of the molecule is O=S(=O)(O)CCC[N+]1=CC[I-]/C=C(c2cnc(F)cn2)\C=C/1. The van der Waals surface area contributed by atoms with Crippen molar-refractivity contribution in [1.82, 2.24) is 9.97 Å². The van der Waals surface area contributed by atoms with E-state index in [2.05, 4.69) is 14.1 Å². The average molecular weight is 439 g/mol. The number of halogens is 2. The zero-order valence-electron chi connectivity index (χ0n) is 11.6. The van der Waals surface area contributed by atoms with Crippen molar-refractivity contribution in [3.8, 4) is 0 Å². The topological polar surface area (TPSA) is 83.2 Å². The van der Waals surface area contributed by atoms with E-state index in [-0.39, 0.29) is 27.0 Å². The van der Waals surface area contributed by atoms with Crippen LogP contribution in [0.15, 0.2) is 28.8 Å². The van der Waals surface area contributed by atoms with Crippen molar-refractivity contribution < 1.29 is 43.1 Å². The molecule has 0 atom stereocenters. The van der Waals surface area contributed by atoms with Crippen LogP contribution in [-0.2, 0) is 10.1 Å². The summed E-state index contributed by atoms with van der Waals surface area (Å²) in [5.74, 6) is -0.874. The van der Waals surface area contributed by atoms with Crippen molar-refractivity contribution in [3.05, 3.63) is 40.4 Å². The Bertz CT molecular complexity index is 715. The van der Waals surface area contributed by atoms with E-state index < -0.39 is 16.1 Å². The van der Waals surface area contributed by atoms with Crippen LogP contribution in [0.4, 0.5) is 4.39 Å². The van der Waals surface area contributed by atoms with Crippen LogP contribution in [0.5, 0.6) is 0 Å². The van der Waals surface area contributed by atoms with Crippen molar-refractivity contribution >= 4 is 21.9 Å². The van der Waals surface area contributed by atoms with Crippen molar-refractivity contribution in [2.75, 3.05) is 16.7 Å². The minimum absolute atomic E-state index is 0.210. The maximum absolute atomic E-state index is 12.8. The first-order chi connectivity index (χ1) is 10.4. The van der Waals surface area contributed by atoms with Crippen LogP contribution in [0, 0.1) is 5.95 Å². The molecule has 1 aromatic heterocycles. The summed E-state index contributed by atoms with van der Waals surface area (Å²) in [5, 5.41) is 0. The fourth-order valence-corrected chi connectivity index (χ4v) is 4.21. The summed E-state index contributed by atoms with van der Waals surface area (Å²) in [4.78, 5) is 7.61. The molecule has 1 aromatic rings. The first-order valence-electron chi connectivity index (χ1n) is 6.42. The Kier molecular flexibility index (Phi) is 6.15. The molecule has 120 valence electrons. The standard InChI is InChI=1S/C13H15FIN3O3S/c14-13-10-16-12(9-17-13)11-2-5-18(6-3-15-8-11)4-1-7-22(19,20)21/h2,5-6,8-10H,1,3-4,7H2,(H,19,20,21)/b5-2-,11-8+,18-6?. The molecule has 0 saturated carbocycles. The summed E-state index contributed by atoms with van der Waals surface area (Å²) < 4.78 is 47.9. The number of hydrogen-bond donors (Lipinski definition) is 1. The number of allylic oxidation sites excluding steroid dienone is 2. The summed E-state index contributed by atoms with van der Waals surface area (Å²) in [5.41, 5.74) is 1.49. The minimum atomic E-state index is -3.92. The normalized spacial score (nSPS) is 19.9. The molecule has 1 aliphatic rings. The second kappa shape index (κ2) is 7.88. The molecule has 2 rings (SSSR count). The van der Waals surface area contributed by atoms with Gasteiger partial charge in [0.05, 0.1) is 0 Å². The van der Waals surface area contributed by atoms with Gasteiger partial charge < -0.3 is 0 Å². The molecule has 1 N–H and O–H groups in total. The summed E-state index contributed by atoms with van der Waals surface area (Å²) in [6.07, 6.45) is 8.50. The third-order valence-electron chi connectivity index (χ3n) is 2.77. The molecule has 0 spiro atoms. The van der Waals surface area contributed by atoms with Crippen LogP contribution >= 0.6 is 0 Å². The first-order valence-corrected chi connectivity index (χ1v) is 10.8. The van der Waals surface area contributed by atoms with Gasteiger partial charge in [-0.3, -0.25) is 0 Å². The molecular formula is C13H15FIN3O3S. The molecule has 0 amide bonds. The Balaban J connectivity index is 2.04. The number of nitrogens with zero attached hydrogens (tertiary/aromatic N) is 3. The maximum atomic E-state index is 12.8. The van der Waals surface area contributed by atoms with Crippen LogP contribution < -0.4 is 21.2 Å². The van der Waals surface area contributed by atoms with Gasteiger partial charge in [0.25, 0.3) is 0 Å². The molecule has 0 unspecified atom stereocenters. The molecular weight excluding hydrogens is 424 g/mol. The number of rotatable bonds is 5. The van der Waals surface area contributed by atoms with Crippen LogP contribution in [0.2, 0.25) is 0 Å². The average Bonchev–Trinajstić information content (AvgIpc) is 2.42. The molecule has 6 nitrogen and oxygen atoms in total. The van der Waals surface area contributed by atoms with E-state index in [0.29, 0.717) is 18.7 Å². The van der Waals surface area contributed by atoms with Crippen LogP contribution in [0.3, 0.4) is 0 Å². The van der Waals surface area contributed by atoms with Gasteiger partial charge in [0.1, 0.15) is 0 Å². The van der Waals surface area contributed by atoms with E-state index in [1.54, 1.807) is 0 Å². The van der Waals surface area contributed by atoms with E-state index in [9.17, 15) is 12.8 Å². The van der Waals surface area contributed by atoms with E-state index >= 15 is 0 Å². The van der Waals surface area contributed by atoms with E-state index in [0.717, 1.165) is 16.2 Å². The quantitative estimate of drug-likeness (QED) is 0.247. The number of alkyl halides is 1. The van der Waals surface area contributed by atoms with Gasteiger partial charge in [-0.05, 0) is 0 Å². The Morgan fingerprint density at radius 1 is 1.36 bits per heavy atom. The molecule has 0 aromatic carbocycles. The molecule has 22 heavy (non-hydrogen) atoms. The summed E-state index contributed by atoms with van der Waals surface area (Å²) in [6.45, 7) is 0.502. The molecule has 0 radical (unpaired) electrons. The third-order valence-corrected chi connectivity index (χ3v) is 5.59. The fourth-order valence-electron chi connectivity index (χ4n) is 1.73. The van der Waals surface area contributed by atoms with E-state index in [1.807, 2.05) is 23.1 Å². The van der Waals surface area contributed by atoms with Crippen LogP contribution in [-0.4, -0.2) is 50.5 Å². The van der Waals surface area contributed by atoms with Gasteiger partial charge in [0.15, 0.2) is 0 Å². The molecule has 0 fully saturated rings. The van der Waals surface area contributed by atoms with Gasteiger partial charge in [0, 0.05) is 0 Å². The summed E-state index contributed by atoms with van der Waals surface area (Å²) in [6, 6.07) is 0. The molecule has 0 saturated heterocycles. The molecule has 0 bridgehead atoms. The summed E-state index contributed by atoms with van der Waals surface area (Å²) >= 11 is -0.210. The van der Waals surface area contributed by atoms with Gasteiger partial charge in [-0.2, -0.15) is 0 Å². The molecule has 1 aliphatic heterocycles.